The van der Waals surface area contributed by atoms with Gasteiger partial charge < -0.3 is 19.1 Å². The van der Waals surface area contributed by atoms with Crippen molar-refractivity contribution in [1.29, 1.82) is 0 Å². The Morgan fingerprint density at radius 2 is 2.00 bits per heavy atom. The van der Waals surface area contributed by atoms with E-state index in [4.69, 9.17) is 29.9 Å². The molecule has 0 aliphatic rings. The summed E-state index contributed by atoms with van der Waals surface area (Å²) in [6.07, 6.45) is 1.59. The van der Waals surface area contributed by atoms with Gasteiger partial charge in [0.15, 0.2) is 5.65 Å². The lowest BCUT2D eigenvalue weighted by Crippen LogP contribution is -2.22. The summed E-state index contributed by atoms with van der Waals surface area (Å²) in [7, 11) is 1.88. The fourth-order valence-corrected chi connectivity index (χ4v) is 4.01. The lowest BCUT2D eigenvalue weighted by molar-refractivity contribution is 0.0895. The molecule has 2 aromatic heterocycles. The van der Waals surface area contributed by atoms with Crippen LogP contribution in [0.15, 0.2) is 30.6 Å². The monoisotopic (exact) mass is 465 g/mol. The highest BCUT2D eigenvalue weighted by Gasteiger charge is 2.17. The average molecular weight is 466 g/mol. The predicted octanol–water partition coefficient (Wildman–Crippen LogP) is 5.05. The number of hydrogen-bond acceptors (Lipinski definition) is 6. The average Bonchev–Trinajstić information content (AvgIpc) is 3.15. The molecule has 0 fully saturated rings. The third-order valence-electron chi connectivity index (χ3n) is 4.86. The molecule has 3 aromatic rings. The maximum absolute atomic E-state index is 8.20. The maximum atomic E-state index is 8.20. The third-order valence-corrected chi connectivity index (χ3v) is 6.76. The second-order valence-corrected chi connectivity index (χ2v) is 14.5. The summed E-state index contributed by atoms with van der Waals surface area (Å²) in [5, 5.41) is 0.169. The summed E-state index contributed by atoms with van der Waals surface area (Å²) in [6, 6.07) is 7.82. The molecule has 2 heterocycles. The van der Waals surface area contributed by atoms with E-state index >= 15 is 0 Å². The van der Waals surface area contributed by atoms with Gasteiger partial charge in [0, 0.05) is 50.0 Å². The van der Waals surface area contributed by atoms with E-state index in [-0.39, 0.29) is 18.4 Å². The normalized spacial score (nSPS) is 13.5. The summed E-state index contributed by atoms with van der Waals surface area (Å²) >= 11 is 6.33. The molecule has 0 bridgehead atoms. The fourth-order valence-electron chi connectivity index (χ4n) is 3.07. The van der Waals surface area contributed by atoms with Gasteiger partial charge in [0.25, 0.3) is 0 Å². The molecular weight excluding hydrogens is 432 g/mol. The number of aromatic nitrogens is 3. The quantitative estimate of drug-likeness (QED) is 0.237. The van der Waals surface area contributed by atoms with Crippen LogP contribution < -0.4 is 14.4 Å². The van der Waals surface area contributed by atoms with Gasteiger partial charge >= 0.3 is 0 Å². The minimum atomic E-state index is -2.47. The Balaban J connectivity index is 1.96. The highest BCUT2D eigenvalue weighted by Crippen LogP contribution is 2.31. The van der Waals surface area contributed by atoms with E-state index in [0.717, 1.165) is 6.04 Å². The molecule has 0 unspecified atom stereocenters. The van der Waals surface area contributed by atoms with Gasteiger partial charge in [0.2, 0.25) is 0 Å². The Kier molecular flexibility index (Phi) is 6.19. The molecule has 31 heavy (non-hydrogen) atoms. The first kappa shape index (κ1) is 19.4. The Morgan fingerprint density at radius 3 is 2.68 bits per heavy atom. The van der Waals surface area contributed by atoms with Crippen LogP contribution >= 0.6 is 11.6 Å². The Bertz CT molecular complexity index is 1140. The van der Waals surface area contributed by atoms with Crippen molar-refractivity contribution in [3.8, 4) is 11.5 Å². The van der Waals surface area contributed by atoms with Crippen LogP contribution in [0.3, 0.4) is 0 Å². The van der Waals surface area contributed by atoms with Gasteiger partial charge in [-0.2, -0.15) is 0 Å². The molecule has 3 rings (SSSR count). The van der Waals surface area contributed by atoms with Crippen molar-refractivity contribution in [2.75, 3.05) is 32.7 Å². The molecule has 0 aliphatic heterocycles. The van der Waals surface area contributed by atoms with E-state index in [1.165, 1.54) is 18.1 Å². The van der Waals surface area contributed by atoms with Crippen molar-refractivity contribution in [2.24, 2.45) is 0 Å². The third kappa shape index (κ3) is 5.90. The molecule has 1 aromatic carbocycles. The lowest BCUT2D eigenvalue weighted by atomic mass is 10.1. The van der Waals surface area contributed by atoms with Crippen molar-refractivity contribution in [3.05, 3.63) is 41.3 Å². The van der Waals surface area contributed by atoms with Gasteiger partial charge in [-0.25, -0.2) is 9.97 Å². The fraction of sp³-hybridized carbons (Fsp3) is 0.455. The van der Waals surface area contributed by atoms with E-state index in [1.807, 2.05) is 0 Å². The highest BCUT2D eigenvalue weighted by atomic mass is 35.5. The number of hydrogen-bond donors (Lipinski definition) is 0. The summed E-state index contributed by atoms with van der Waals surface area (Å²) in [6.45, 7) is 5.33. The van der Waals surface area contributed by atoms with Crippen molar-refractivity contribution in [2.45, 2.75) is 39.0 Å². The number of ether oxygens (including phenoxy) is 3. The summed E-state index contributed by atoms with van der Waals surface area (Å²) < 4.78 is 42.9. The molecular formula is C22H31ClN4O3Si. The number of imidazole rings is 1. The van der Waals surface area contributed by atoms with Gasteiger partial charge in [0.1, 0.15) is 28.9 Å². The van der Waals surface area contributed by atoms with E-state index in [2.05, 4.69) is 29.6 Å². The van der Waals surface area contributed by atoms with Crippen molar-refractivity contribution in [1.82, 2.24) is 14.5 Å². The number of rotatable bonds is 10. The number of methoxy groups -OCH3 is 2. The lowest BCUT2D eigenvalue weighted by Gasteiger charge is -2.21. The molecule has 0 saturated carbocycles. The minimum Gasteiger partial charge on any atom is -0.497 e. The maximum Gasteiger partial charge on any atom is 0.165 e. The van der Waals surface area contributed by atoms with Crippen LogP contribution in [-0.4, -0.2) is 50.4 Å². The number of nitrogens with zero attached hydrogens (tertiary/aromatic N) is 4. The van der Waals surface area contributed by atoms with Crippen LogP contribution in [0.1, 0.15) is 9.68 Å². The van der Waals surface area contributed by atoms with Crippen molar-refractivity contribution >= 4 is 36.5 Å². The van der Waals surface area contributed by atoms with E-state index < -0.39 is 15.0 Å². The number of anilines is 1. The van der Waals surface area contributed by atoms with Crippen LogP contribution in [0, 0.1) is 0 Å². The summed E-state index contributed by atoms with van der Waals surface area (Å²) in [5.74, 6) is 1.13. The topological polar surface area (TPSA) is 61.6 Å². The zero-order valence-electron chi connectivity index (χ0n) is 21.6. The summed E-state index contributed by atoms with van der Waals surface area (Å²) in [5.41, 5.74) is 1.93. The molecule has 0 N–H and O–H groups in total. The first-order chi connectivity index (χ1) is 15.9. The first-order valence-electron chi connectivity index (χ1n) is 11.5. The van der Waals surface area contributed by atoms with E-state index in [9.17, 15) is 0 Å². The van der Waals surface area contributed by atoms with Gasteiger partial charge in [-0.3, -0.25) is 4.57 Å². The van der Waals surface area contributed by atoms with Crippen molar-refractivity contribution < 1.29 is 18.3 Å². The van der Waals surface area contributed by atoms with E-state index in [0.29, 0.717) is 40.5 Å². The van der Waals surface area contributed by atoms with Gasteiger partial charge in [-0.15, -0.1) is 0 Å². The zero-order valence-corrected chi connectivity index (χ0v) is 20.4. The molecule has 0 radical (unpaired) electrons. The SMILES string of the molecule is [2H]C([2H])([2H])N(Cc1ccc(OC)cc1OC)c1cc(Cl)nc2c1ncn2COCC[Si](C)(C)C. The van der Waals surface area contributed by atoms with Gasteiger partial charge in [-0.05, 0) is 18.2 Å². The van der Waals surface area contributed by atoms with Gasteiger partial charge in [-0.1, -0.05) is 31.2 Å². The standard InChI is InChI=1S/C22H31ClN4O3Si/c1-26(13-16-7-8-17(28-2)11-19(16)29-3)18-12-20(23)25-22-21(18)24-14-27(22)15-30-9-10-31(4,5)6/h7-8,11-12,14H,9-10,13,15H2,1-6H3/i1D3. The molecule has 7 nitrogen and oxygen atoms in total. The Labute approximate surface area is 194 Å². The summed E-state index contributed by atoms with van der Waals surface area (Å²) in [4.78, 5) is 10.1. The minimum absolute atomic E-state index is 0.0404. The van der Waals surface area contributed by atoms with Crippen molar-refractivity contribution in [3.63, 3.8) is 0 Å². The van der Waals surface area contributed by atoms with Gasteiger partial charge in [0.05, 0.1) is 26.2 Å². The number of halogens is 1. The first-order valence-corrected chi connectivity index (χ1v) is 14.1. The Morgan fingerprint density at radius 1 is 1.19 bits per heavy atom. The zero-order chi connectivity index (χ0) is 25.1. The second kappa shape index (κ2) is 9.89. The molecule has 0 atom stereocenters. The van der Waals surface area contributed by atoms with Crippen LogP contribution in [0.2, 0.25) is 30.8 Å². The number of pyridine rings is 1. The molecule has 0 aliphatic carbocycles. The number of benzene rings is 1. The second-order valence-electron chi connectivity index (χ2n) is 8.46. The smallest absolute Gasteiger partial charge is 0.165 e. The van der Waals surface area contributed by atoms with E-state index in [1.54, 1.807) is 36.2 Å². The number of fused-ring (bicyclic) bond motifs is 1. The Hall–Kier alpha value is -2.29. The molecule has 9 heteroatoms. The molecule has 0 spiro atoms. The molecule has 0 saturated heterocycles. The largest absolute Gasteiger partial charge is 0.497 e. The van der Waals surface area contributed by atoms with Crippen LogP contribution in [-0.2, 0) is 18.0 Å². The van der Waals surface area contributed by atoms with Crippen LogP contribution in [0.4, 0.5) is 5.69 Å². The molecule has 0 amide bonds. The predicted molar refractivity (Wildman–Crippen MR) is 128 cm³/mol. The highest BCUT2D eigenvalue weighted by molar-refractivity contribution is 6.76. The van der Waals surface area contributed by atoms with Crippen LogP contribution in [0.25, 0.3) is 11.2 Å². The van der Waals surface area contributed by atoms with Crippen LogP contribution in [0.5, 0.6) is 11.5 Å². The molecule has 168 valence electrons.